The number of sulfone groups is 1. The van der Waals surface area contributed by atoms with Crippen LogP contribution in [0.1, 0.15) is 25.1 Å². The fraction of sp³-hybridized carbons (Fsp3) is 0.583. The fourth-order valence-corrected chi connectivity index (χ4v) is 4.54. The number of carbonyl (C=O) groups excluding carboxylic acids is 1. The van der Waals surface area contributed by atoms with Gasteiger partial charge in [0.1, 0.15) is 0 Å². The van der Waals surface area contributed by atoms with Gasteiger partial charge in [-0.1, -0.05) is 6.07 Å². The molecule has 1 N–H and O–H groups in total. The van der Waals surface area contributed by atoms with Gasteiger partial charge >= 0.3 is 0 Å². The third-order valence-corrected chi connectivity index (χ3v) is 6.23. The monoisotopic (exact) mass is 287 g/mol. The Hall–Kier alpha value is -0.880. The maximum Gasteiger partial charge on any atom is 0.231 e. The predicted octanol–water partition coefficient (Wildman–Crippen LogP) is 1.33. The van der Waals surface area contributed by atoms with E-state index in [-0.39, 0.29) is 23.5 Å². The van der Waals surface area contributed by atoms with E-state index in [2.05, 4.69) is 5.32 Å². The minimum Gasteiger partial charge on any atom is -0.352 e. The minimum atomic E-state index is -2.95. The molecule has 1 atom stereocenters. The number of thiophene rings is 1. The van der Waals surface area contributed by atoms with E-state index in [1.807, 2.05) is 31.4 Å². The van der Waals surface area contributed by atoms with Gasteiger partial charge in [-0.3, -0.25) is 4.79 Å². The summed E-state index contributed by atoms with van der Waals surface area (Å²) in [5, 5.41) is 4.79. The summed E-state index contributed by atoms with van der Waals surface area (Å²) >= 11 is 1.54. The molecule has 0 aromatic carbocycles. The molecule has 2 rings (SSSR count). The minimum absolute atomic E-state index is 0.0687. The van der Waals surface area contributed by atoms with E-state index in [9.17, 15) is 13.2 Å². The van der Waals surface area contributed by atoms with E-state index in [4.69, 9.17) is 0 Å². The van der Waals surface area contributed by atoms with E-state index in [0.29, 0.717) is 6.42 Å². The first-order valence-corrected chi connectivity index (χ1v) is 8.57. The normalized spacial score (nSPS) is 22.9. The van der Waals surface area contributed by atoms with Crippen LogP contribution in [-0.2, 0) is 20.0 Å². The van der Waals surface area contributed by atoms with Crippen LogP contribution in [0.25, 0.3) is 0 Å². The lowest BCUT2D eigenvalue weighted by atomic mass is 9.90. The number of hydrogen-bond donors (Lipinski definition) is 1. The van der Waals surface area contributed by atoms with E-state index in [1.165, 1.54) is 11.3 Å². The summed E-state index contributed by atoms with van der Waals surface area (Å²) < 4.78 is 22.7. The molecule has 0 aliphatic carbocycles. The van der Waals surface area contributed by atoms with Gasteiger partial charge in [0.05, 0.1) is 16.9 Å². The smallest absolute Gasteiger partial charge is 0.231 e. The van der Waals surface area contributed by atoms with Gasteiger partial charge in [0.15, 0.2) is 9.84 Å². The van der Waals surface area contributed by atoms with Crippen molar-refractivity contribution >= 4 is 27.1 Å². The summed E-state index contributed by atoms with van der Waals surface area (Å²) in [4.78, 5) is 13.2. The molecule has 0 bridgehead atoms. The summed E-state index contributed by atoms with van der Waals surface area (Å²) in [7, 11) is -2.95. The van der Waals surface area contributed by atoms with Crippen LogP contribution in [-0.4, -0.2) is 31.9 Å². The number of rotatable bonds is 3. The lowest BCUT2D eigenvalue weighted by Crippen LogP contribution is -2.45. The van der Waals surface area contributed by atoms with Crippen LogP contribution in [0.5, 0.6) is 0 Å². The molecular formula is C12H17NO3S2. The SMILES string of the molecule is CC(C)(C(=O)NC1CCS(=O)(=O)C1)c1cccs1. The number of carbonyl (C=O) groups is 1. The van der Waals surface area contributed by atoms with Gasteiger partial charge in [-0.15, -0.1) is 11.3 Å². The fourth-order valence-electron chi connectivity index (χ4n) is 2.02. The molecule has 1 aliphatic heterocycles. The summed E-state index contributed by atoms with van der Waals surface area (Å²) in [5.74, 6) is 0.142. The summed E-state index contributed by atoms with van der Waals surface area (Å²) in [5.41, 5.74) is -0.611. The van der Waals surface area contributed by atoms with Crippen LogP contribution in [0.15, 0.2) is 17.5 Å². The molecule has 0 radical (unpaired) electrons. The molecule has 2 heterocycles. The molecule has 4 nitrogen and oxygen atoms in total. The maximum atomic E-state index is 12.2. The topological polar surface area (TPSA) is 63.2 Å². The standard InChI is InChI=1S/C12H17NO3S2/c1-12(2,10-4-3-6-17-10)11(14)13-9-5-7-18(15,16)8-9/h3-4,6,9H,5,7-8H2,1-2H3,(H,13,14). The zero-order valence-electron chi connectivity index (χ0n) is 10.5. The molecule has 1 saturated heterocycles. The third-order valence-electron chi connectivity index (χ3n) is 3.27. The molecule has 18 heavy (non-hydrogen) atoms. The van der Waals surface area contributed by atoms with Crippen LogP contribution in [0.3, 0.4) is 0 Å². The number of nitrogens with one attached hydrogen (secondary N) is 1. The highest BCUT2D eigenvalue weighted by Gasteiger charge is 2.35. The molecule has 6 heteroatoms. The van der Waals surface area contributed by atoms with Crippen molar-refractivity contribution in [2.24, 2.45) is 0 Å². The van der Waals surface area contributed by atoms with Crippen LogP contribution < -0.4 is 5.32 Å². The van der Waals surface area contributed by atoms with Crippen molar-refractivity contribution in [3.05, 3.63) is 22.4 Å². The summed E-state index contributed by atoms with van der Waals surface area (Å²) in [6.45, 7) is 3.72. The molecule has 1 fully saturated rings. The predicted molar refractivity (Wildman–Crippen MR) is 72.5 cm³/mol. The zero-order chi connectivity index (χ0) is 13.4. The Kier molecular flexibility index (Phi) is 3.51. The van der Waals surface area contributed by atoms with Crippen molar-refractivity contribution in [2.75, 3.05) is 11.5 Å². The average molecular weight is 287 g/mol. The van der Waals surface area contributed by atoms with Gasteiger partial charge in [-0.25, -0.2) is 8.42 Å². The van der Waals surface area contributed by atoms with Crippen molar-refractivity contribution in [3.8, 4) is 0 Å². The lowest BCUT2D eigenvalue weighted by molar-refractivity contribution is -0.126. The van der Waals surface area contributed by atoms with Gasteiger partial charge in [0.25, 0.3) is 0 Å². The van der Waals surface area contributed by atoms with E-state index in [1.54, 1.807) is 0 Å². The highest BCUT2D eigenvalue weighted by Crippen LogP contribution is 2.28. The van der Waals surface area contributed by atoms with Crippen molar-refractivity contribution in [1.82, 2.24) is 5.32 Å². The Balaban J connectivity index is 2.05. The van der Waals surface area contributed by atoms with Crippen molar-refractivity contribution in [1.29, 1.82) is 0 Å². The maximum absolute atomic E-state index is 12.2. The van der Waals surface area contributed by atoms with E-state index >= 15 is 0 Å². The summed E-state index contributed by atoms with van der Waals surface area (Å²) in [6.07, 6.45) is 0.522. The Morgan fingerprint density at radius 3 is 2.72 bits per heavy atom. The molecular weight excluding hydrogens is 270 g/mol. The van der Waals surface area contributed by atoms with Gasteiger partial charge in [0, 0.05) is 10.9 Å². The molecule has 1 unspecified atom stereocenters. The Morgan fingerprint density at radius 2 is 2.22 bits per heavy atom. The summed E-state index contributed by atoms with van der Waals surface area (Å²) in [6, 6.07) is 3.60. The quantitative estimate of drug-likeness (QED) is 0.912. The second kappa shape index (κ2) is 4.66. The molecule has 0 spiro atoms. The van der Waals surface area contributed by atoms with E-state index < -0.39 is 15.3 Å². The molecule has 1 amide bonds. The largest absolute Gasteiger partial charge is 0.352 e. The first-order valence-electron chi connectivity index (χ1n) is 5.87. The first kappa shape index (κ1) is 13.5. The van der Waals surface area contributed by atoms with E-state index in [0.717, 1.165) is 4.88 Å². The molecule has 100 valence electrons. The van der Waals surface area contributed by atoms with Crippen LogP contribution in [0, 0.1) is 0 Å². The first-order chi connectivity index (χ1) is 8.31. The molecule has 0 saturated carbocycles. The Bertz CT molecular complexity index is 532. The second-order valence-electron chi connectivity index (χ2n) is 5.18. The molecule has 1 aliphatic rings. The highest BCUT2D eigenvalue weighted by molar-refractivity contribution is 7.91. The highest BCUT2D eigenvalue weighted by atomic mass is 32.2. The van der Waals surface area contributed by atoms with Crippen LogP contribution >= 0.6 is 11.3 Å². The number of hydrogen-bond acceptors (Lipinski definition) is 4. The third kappa shape index (κ3) is 2.75. The Labute approximate surface area is 111 Å². The van der Waals surface area contributed by atoms with Crippen molar-refractivity contribution < 1.29 is 13.2 Å². The lowest BCUT2D eigenvalue weighted by Gasteiger charge is -2.24. The van der Waals surface area contributed by atoms with Crippen molar-refractivity contribution in [3.63, 3.8) is 0 Å². The van der Waals surface area contributed by atoms with Gasteiger partial charge in [0.2, 0.25) is 5.91 Å². The van der Waals surface area contributed by atoms with Crippen LogP contribution in [0.2, 0.25) is 0 Å². The number of amides is 1. The van der Waals surface area contributed by atoms with Gasteiger partial charge < -0.3 is 5.32 Å². The van der Waals surface area contributed by atoms with Gasteiger partial charge in [-0.05, 0) is 31.7 Å². The average Bonchev–Trinajstić information content (AvgIpc) is 2.87. The molecule has 1 aromatic heterocycles. The Morgan fingerprint density at radius 1 is 1.50 bits per heavy atom. The van der Waals surface area contributed by atoms with Gasteiger partial charge in [-0.2, -0.15) is 0 Å². The second-order valence-corrected chi connectivity index (χ2v) is 8.35. The zero-order valence-corrected chi connectivity index (χ0v) is 12.1. The van der Waals surface area contributed by atoms with Crippen molar-refractivity contribution in [2.45, 2.75) is 31.7 Å². The van der Waals surface area contributed by atoms with Crippen LogP contribution in [0.4, 0.5) is 0 Å². The molecule has 1 aromatic rings.